The summed E-state index contributed by atoms with van der Waals surface area (Å²) in [6.45, 7) is -0.637. The number of hydrogen-bond acceptors (Lipinski definition) is 6. The van der Waals surface area contributed by atoms with E-state index in [0.29, 0.717) is 25.1 Å². The van der Waals surface area contributed by atoms with Crippen molar-refractivity contribution in [2.45, 2.75) is 31.4 Å². The van der Waals surface area contributed by atoms with Gasteiger partial charge in [0.2, 0.25) is 5.91 Å². The third-order valence-corrected chi connectivity index (χ3v) is 5.93. The van der Waals surface area contributed by atoms with Gasteiger partial charge < -0.3 is 15.8 Å². The minimum absolute atomic E-state index is 0.0820. The normalized spacial score (nSPS) is 15.5. The third-order valence-electron chi connectivity index (χ3n) is 5.06. The number of carbonyl (C=O) groups excluding carboxylic acids is 1. The lowest BCUT2D eigenvalue weighted by Crippen LogP contribution is -2.42. The van der Waals surface area contributed by atoms with E-state index in [2.05, 4.69) is 15.6 Å². The summed E-state index contributed by atoms with van der Waals surface area (Å²) in [6, 6.07) is 6.74. The summed E-state index contributed by atoms with van der Waals surface area (Å²) in [5.41, 5.74) is -0.821. The molecule has 0 saturated heterocycles. The second kappa shape index (κ2) is 8.42. The molecule has 31 heavy (non-hydrogen) atoms. The first-order valence-electron chi connectivity index (χ1n) is 9.58. The van der Waals surface area contributed by atoms with Crippen LogP contribution in [0.4, 0.5) is 14.6 Å². The Kier molecular flexibility index (Phi) is 5.68. The van der Waals surface area contributed by atoms with Gasteiger partial charge in [0.05, 0.1) is 13.1 Å². The van der Waals surface area contributed by atoms with Gasteiger partial charge in [0.25, 0.3) is 11.3 Å². The van der Waals surface area contributed by atoms with E-state index in [1.165, 1.54) is 34.2 Å². The van der Waals surface area contributed by atoms with Gasteiger partial charge in [0.15, 0.2) is 12.0 Å². The maximum atomic E-state index is 14.5. The monoisotopic (exact) mass is 447 g/mol. The number of aromatic nitrogens is 3. The third kappa shape index (κ3) is 4.26. The number of aryl methyl sites for hydroxylation is 1. The molecule has 1 amide bonds. The SMILES string of the molecule is O=C(NCc1cccs1)[C@@H]1CCc2cnc(NCC(F)(F)c3cccc[n+]3[O-])c(=O)n21. The van der Waals surface area contributed by atoms with Gasteiger partial charge in [-0.15, -0.1) is 11.3 Å². The van der Waals surface area contributed by atoms with E-state index in [1.807, 2.05) is 17.5 Å². The topological polar surface area (TPSA) is 103 Å². The van der Waals surface area contributed by atoms with Crippen LogP contribution in [0.5, 0.6) is 0 Å². The number of pyridine rings is 1. The van der Waals surface area contributed by atoms with E-state index in [9.17, 15) is 23.6 Å². The van der Waals surface area contributed by atoms with Crippen LogP contribution in [0.1, 0.15) is 28.7 Å². The summed E-state index contributed by atoms with van der Waals surface area (Å²) in [7, 11) is 0. The number of nitrogens with one attached hydrogen (secondary N) is 2. The molecule has 0 unspecified atom stereocenters. The Hall–Kier alpha value is -3.34. The van der Waals surface area contributed by atoms with Crippen molar-refractivity contribution in [2.24, 2.45) is 0 Å². The molecule has 4 heterocycles. The second-order valence-electron chi connectivity index (χ2n) is 7.09. The molecule has 0 fully saturated rings. The predicted octanol–water partition coefficient (Wildman–Crippen LogP) is 1.95. The molecule has 0 bridgehead atoms. The quantitative estimate of drug-likeness (QED) is 0.426. The van der Waals surface area contributed by atoms with E-state index in [-0.39, 0.29) is 16.5 Å². The van der Waals surface area contributed by atoms with E-state index in [0.717, 1.165) is 17.1 Å². The van der Waals surface area contributed by atoms with Gasteiger partial charge in [-0.25, -0.2) is 4.98 Å². The molecule has 0 saturated carbocycles. The first-order valence-corrected chi connectivity index (χ1v) is 10.5. The number of amides is 1. The molecule has 1 atom stereocenters. The highest BCUT2D eigenvalue weighted by atomic mass is 32.1. The van der Waals surface area contributed by atoms with Gasteiger partial charge in [-0.3, -0.25) is 14.2 Å². The number of anilines is 1. The van der Waals surface area contributed by atoms with Gasteiger partial charge in [0, 0.05) is 28.9 Å². The van der Waals surface area contributed by atoms with Crippen LogP contribution in [0.2, 0.25) is 0 Å². The number of thiophene rings is 1. The Labute approximate surface area is 179 Å². The highest BCUT2D eigenvalue weighted by Gasteiger charge is 2.40. The average molecular weight is 447 g/mol. The lowest BCUT2D eigenvalue weighted by molar-refractivity contribution is -0.624. The van der Waals surface area contributed by atoms with Gasteiger partial charge in [-0.1, -0.05) is 6.07 Å². The summed E-state index contributed by atoms with van der Waals surface area (Å²) < 4.78 is 30.3. The van der Waals surface area contributed by atoms with E-state index < -0.39 is 29.8 Å². The van der Waals surface area contributed by atoms with Crippen LogP contribution >= 0.6 is 11.3 Å². The lowest BCUT2D eigenvalue weighted by Gasteiger charge is -2.18. The number of alkyl halides is 2. The van der Waals surface area contributed by atoms with Crippen LogP contribution in [-0.4, -0.2) is 22.0 Å². The van der Waals surface area contributed by atoms with Crippen LogP contribution < -0.4 is 20.9 Å². The average Bonchev–Trinajstić information content (AvgIpc) is 3.42. The Morgan fingerprint density at radius 3 is 2.94 bits per heavy atom. The zero-order chi connectivity index (χ0) is 22.0. The molecular formula is C20H19F2N5O3S. The molecule has 1 aliphatic rings. The van der Waals surface area contributed by atoms with E-state index in [1.54, 1.807) is 0 Å². The first kappa shape index (κ1) is 20.9. The van der Waals surface area contributed by atoms with Gasteiger partial charge in [-0.05, 0) is 30.4 Å². The zero-order valence-electron chi connectivity index (χ0n) is 16.3. The maximum Gasteiger partial charge on any atom is 0.347 e. The second-order valence-corrected chi connectivity index (χ2v) is 8.13. The number of carbonyl (C=O) groups is 1. The fraction of sp³-hybridized carbons (Fsp3) is 0.300. The molecule has 3 aromatic rings. The van der Waals surface area contributed by atoms with Crippen LogP contribution in [0.25, 0.3) is 0 Å². The fourth-order valence-corrected chi connectivity index (χ4v) is 4.16. The van der Waals surface area contributed by atoms with Crippen molar-refractivity contribution >= 4 is 23.1 Å². The smallest absolute Gasteiger partial charge is 0.347 e. The van der Waals surface area contributed by atoms with Crippen molar-refractivity contribution in [1.82, 2.24) is 14.9 Å². The summed E-state index contributed by atoms with van der Waals surface area (Å²) in [6.07, 6.45) is 3.29. The van der Waals surface area contributed by atoms with Gasteiger partial charge in [0.1, 0.15) is 6.04 Å². The van der Waals surface area contributed by atoms with E-state index in [4.69, 9.17) is 0 Å². The summed E-state index contributed by atoms with van der Waals surface area (Å²) >= 11 is 1.51. The highest BCUT2D eigenvalue weighted by Crippen LogP contribution is 2.26. The van der Waals surface area contributed by atoms with Crippen molar-refractivity contribution in [1.29, 1.82) is 0 Å². The molecule has 0 aliphatic carbocycles. The maximum absolute atomic E-state index is 14.5. The largest absolute Gasteiger partial charge is 0.618 e. The molecule has 3 aromatic heterocycles. The van der Waals surface area contributed by atoms with Crippen LogP contribution in [0.15, 0.2) is 52.9 Å². The van der Waals surface area contributed by atoms with Gasteiger partial charge in [-0.2, -0.15) is 13.5 Å². The molecule has 0 radical (unpaired) electrons. The molecule has 11 heteroatoms. The molecule has 4 rings (SSSR count). The van der Waals surface area contributed by atoms with Crippen molar-refractivity contribution in [3.05, 3.63) is 79.9 Å². The van der Waals surface area contributed by atoms with Crippen molar-refractivity contribution < 1.29 is 18.3 Å². The number of halogens is 2. The standard InChI is InChI=1S/C20H19F2N5O3S/c21-20(22,16-5-1-2-8-26(16)30)12-25-17-19(29)27-13(10-23-17)6-7-15(27)18(28)24-11-14-4-3-9-31-14/h1-5,8-10,15H,6-7,11-12H2,(H,23,25)(H,24,28)/t15-/m0/s1. The minimum atomic E-state index is -3.53. The van der Waals surface area contributed by atoms with Crippen molar-refractivity contribution in [3.8, 4) is 0 Å². The predicted molar refractivity (Wildman–Crippen MR) is 110 cm³/mol. The minimum Gasteiger partial charge on any atom is -0.618 e. The zero-order valence-corrected chi connectivity index (χ0v) is 17.1. The number of rotatable bonds is 7. The Balaban J connectivity index is 1.50. The number of fused-ring (bicyclic) bond motifs is 1. The molecule has 2 N–H and O–H groups in total. The molecule has 0 aromatic carbocycles. The molecule has 162 valence electrons. The Morgan fingerprint density at radius 1 is 1.35 bits per heavy atom. The van der Waals surface area contributed by atoms with Crippen LogP contribution in [-0.2, 0) is 23.7 Å². The highest BCUT2D eigenvalue weighted by molar-refractivity contribution is 7.09. The summed E-state index contributed by atoms with van der Waals surface area (Å²) in [5, 5.41) is 18.7. The molecular weight excluding hydrogens is 428 g/mol. The molecule has 1 aliphatic heterocycles. The summed E-state index contributed by atoms with van der Waals surface area (Å²) in [4.78, 5) is 30.5. The van der Waals surface area contributed by atoms with Crippen LogP contribution in [0.3, 0.4) is 0 Å². The molecule has 0 spiro atoms. The van der Waals surface area contributed by atoms with E-state index >= 15 is 0 Å². The molecule has 8 nitrogen and oxygen atoms in total. The lowest BCUT2D eigenvalue weighted by atomic mass is 10.2. The van der Waals surface area contributed by atoms with Crippen LogP contribution in [0, 0.1) is 5.21 Å². The Morgan fingerprint density at radius 2 is 2.19 bits per heavy atom. The summed E-state index contributed by atoms with van der Waals surface area (Å²) in [5.74, 6) is -4.14. The fourth-order valence-electron chi connectivity index (χ4n) is 3.51. The Bertz CT molecular complexity index is 1150. The number of hydrogen-bond donors (Lipinski definition) is 2. The van der Waals surface area contributed by atoms with Gasteiger partial charge >= 0.3 is 5.92 Å². The number of nitrogens with zero attached hydrogens (tertiary/aromatic N) is 3. The van der Waals surface area contributed by atoms with Crippen molar-refractivity contribution in [3.63, 3.8) is 0 Å². The van der Waals surface area contributed by atoms with Crippen molar-refractivity contribution in [2.75, 3.05) is 11.9 Å². The first-order chi connectivity index (χ1) is 14.9.